The SMILES string of the molecule is CC1(C(=O)O)OC(=O)C(c2cc(Cl)cc(Cl)c2)C1=O. The van der Waals surface area contributed by atoms with E-state index in [2.05, 4.69) is 0 Å². The first-order valence-electron chi connectivity index (χ1n) is 5.22. The molecule has 0 aliphatic carbocycles. The number of halogens is 2. The van der Waals surface area contributed by atoms with Crippen LogP contribution in [0.5, 0.6) is 0 Å². The second-order valence-electron chi connectivity index (χ2n) is 4.26. The number of carbonyl (C=O) groups excluding carboxylic acids is 2. The fourth-order valence-electron chi connectivity index (χ4n) is 1.87. The van der Waals surface area contributed by atoms with E-state index in [4.69, 9.17) is 33.0 Å². The van der Waals surface area contributed by atoms with Crippen molar-refractivity contribution in [3.63, 3.8) is 0 Å². The Morgan fingerprint density at radius 2 is 1.79 bits per heavy atom. The van der Waals surface area contributed by atoms with Gasteiger partial charge in [-0.3, -0.25) is 9.59 Å². The van der Waals surface area contributed by atoms with Gasteiger partial charge in [0.1, 0.15) is 5.92 Å². The smallest absolute Gasteiger partial charge is 0.355 e. The molecule has 2 atom stereocenters. The Balaban J connectivity index is 2.49. The van der Waals surface area contributed by atoms with E-state index in [1.165, 1.54) is 18.2 Å². The zero-order chi connectivity index (χ0) is 14.4. The maximum Gasteiger partial charge on any atom is 0.355 e. The zero-order valence-electron chi connectivity index (χ0n) is 9.65. The van der Waals surface area contributed by atoms with E-state index in [0.717, 1.165) is 6.92 Å². The molecule has 100 valence electrons. The second-order valence-corrected chi connectivity index (χ2v) is 5.13. The van der Waals surface area contributed by atoms with Crippen molar-refractivity contribution in [1.29, 1.82) is 0 Å². The number of carbonyl (C=O) groups is 3. The quantitative estimate of drug-likeness (QED) is 0.668. The highest BCUT2D eigenvalue weighted by molar-refractivity contribution is 6.35. The molecule has 2 rings (SSSR count). The second kappa shape index (κ2) is 4.51. The van der Waals surface area contributed by atoms with Gasteiger partial charge in [-0.25, -0.2) is 4.79 Å². The van der Waals surface area contributed by atoms with Crippen molar-refractivity contribution in [2.75, 3.05) is 0 Å². The lowest BCUT2D eigenvalue weighted by atomic mass is 9.89. The predicted octanol–water partition coefficient (Wildman–Crippen LogP) is 2.05. The van der Waals surface area contributed by atoms with Crippen LogP contribution in [0.15, 0.2) is 18.2 Å². The summed E-state index contributed by atoms with van der Waals surface area (Å²) >= 11 is 11.6. The Hall–Kier alpha value is -1.59. The Kier molecular flexibility index (Phi) is 3.28. The molecule has 2 unspecified atom stereocenters. The molecular formula is C12H8Cl2O5. The molecule has 0 spiro atoms. The molecule has 0 saturated carbocycles. The van der Waals surface area contributed by atoms with E-state index in [1.807, 2.05) is 0 Å². The number of rotatable bonds is 2. The summed E-state index contributed by atoms with van der Waals surface area (Å²) < 4.78 is 4.70. The molecule has 0 aromatic heterocycles. The zero-order valence-corrected chi connectivity index (χ0v) is 11.2. The molecule has 1 aromatic rings. The van der Waals surface area contributed by atoms with Crippen molar-refractivity contribution in [3.8, 4) is 0 Å². The van der Waals surface area contributed by atoms with Crippen LogP contribution in [0.4, 0.5) is 0 Å². The third-order valence-corrected chi connectivity index (χ3v) is 3.34. The van der Waals surface area contributed by atoms with Crippen molar-refractivity contribution < 1.29 is 24.2 Å². The molecule has 19 heavy (non-hydrogen) atoms. The van der Waals surface area contributed by atoms with Crippen LogP contribution in [0.1, 0.15) is 18.4 Å². The first-order valence-corrected chi connectivity index (χ1v) is 5.98. The summed E-state index contributed by atoms with van der Waals surface area (Å²) in [6, 6.07) is 4.20. The summed E-state index contributed by atoms with van der Waals surface area (Å²) in [5, 5.41) is 9.47. The van der Waals surface area contributed by atoms with E-state index < -0.39 is 29.2 Å². The number of aliphatic carboxylic acids is 1. The Bertz CT molecular complexity index is 578. The van der Waals surface area contributed by atoms with Crippen LogP contribution >= 0.6 is 23.2 Å². The van der Waals surface area contributed by atoms with Gasteiger partial charge in [0.25, 0.3) is 5.60 Å². The van der Waals surface area contributed by atoms with E-state index in [-0.39, 0.29) is 15.6 Å². The largest absolute Gasteiger partial charge is 0.478 e. The number of ether oxygens (including phenoxy) is 1. The summed E-state index contributed by atoms with van der Waals surface area (Å²) in [5.74, 6) is -4.60. The number of hydrogen-bond donors (Lipinski definition) is 1. The minimum atomic E-state index is -2.17. The average molecular weight is 303 g/mol. The lowest BCUT2D eigenvalue weighted by Gasteiger charge is -2.14. The first kappa shape index (κ1) is 13.8. The van der Waals surface area contributed by atoms with Gasteiger partial charge >= 0.3 is 11.9 Å². The van der Waals surface area contributed by atoms with Crippen molar-refractivity contribution in [2.45, 2.75) is 18.4 Å². The molecule has 1 heterocycles. The molecule has 0 amide bonds. The summed E-state index contributed by atoms with van der Waals surface area (Å²) in [4.78, 5) is 34.9. The number of carboxylic acid groups (broad SMARTS) is 1. The molecule has 1 saturated heterocycles. The van der Waals surface area contributed by atoms with Gasteiger partial charge in [0.15, 0.2) is 0 Å². The highest BCUT2D eigenvalue weighted by Crippen LogP contribution is 2.36. The molecule has 5 nitrogen and oxygen atoms in total. The number of cyclic esters (lactones) is 1. The maximum atomic E-state index is 12.1. The summed E-state index contributed by atoms with van der Waals surface area (Å²) in [6.45, 7) is 1.04. The van der Waals surface area contributed by atoms with Crippen LogP contribution in [-0.2, 0) is 19.1 Å². The number of ketones is 1. The van der Waals surface area contributed by atoms with Crippen LogP contribution < -0.4 is 0 Å². The van der Waals surface area contributed by atoms with Crippen LogP contribution in [0.2, 0.25) is 10.0 Å². The lowest BCUT2D eigenvalue weighted by Crippen LogP contribution is -2.42. The lowest BCUT2D eigenvalue weighted by molar-refractivity contribution is -0.169. The molecule has 0 bridgehead atoms. The molecule has 1 N–H and O–H groups in total. The third-order valence-electron chi connectivity index (χ3n) is 2.90. The normalized spacial score (nSPS) is 26.4. The van der Waals surface area contributed by atoms with Gasteiger partial charge in [0, 0.05) is 10.0 Å². The van der Waals surface area contributed by atoms with Gasteiger partial charge in [-0.1, -0.05) is 23.2 Å². The Morgan fingerprint density at radius 3 is 2.21 bits per heavy atom. The summed E-state index contributed by atoms with van der Waals surface area (Å²) in [6.07, 6.45) is 0. The maximum absolute atomic E-state index is 12.1. The van der Waals surface area contributed by atoms with Gasteiger partial charge in [0.2, 0.25) is 5.78 Å². The number of esters is 1. The summed E-state index contributed by atoms with van der Waals surface area (Å²) in [5.41, 5.74) is -1.95. The molecule has 1 fully saturated rings. The van der Waals surface area contributed by atoms with E-state index >= 15 is 0 Å². The molecule has 1 aromatic carbocycles. The monoisotopic (exact) mass is 302 g/mol. The Labute approximate surface area is 118 Å². The van der Waals surface area contributed by atoms with Gasteiger partial charge in [-0.15, -0.1) is 0 Å². The number of hydrogen-bond acceptors (Lipinski definition) is 4. The molecule has 0 radical (unpaired) electrons. The number of Topliss-reactive ketones (excluding diaryl/α,β-unsaturated/α-hetero) is 1. The number of benzene rings is 1. The van der Waals surface area contributed by atoms with Crippen molar-refractivity contribution in [2.24, 2.45) is 0 Å². The number of carboxylic acids is 1. The van der Waals surface area contributed by atoms with E-state index in [0.29, 0.717) is 0 Å². The fraction of sp³-hybridized carbons (Fsp3) is 0.250. The molecule has 1 aliphatic rings. The van der Waals surface area contributed by atoms with E-state index in [9.17, 15) is 14.4 Å². The van der Waals surface area contributed by atoms with Crippen LogP contribution in [0.25, 0.3) is 0 Å². The standard InChI is InChI=1S/C12H8Cl2O5/c1-12(11(17)18)9(15)8(10(16)19-12)5-2-6(13)4-7(14)3-5/h2-4,8H,1H3,(H,17,18). The highest BCUT2D eigenvalue weighted by atomic mass is 35.5. The van der Waals surface area contributed by atoms with Gasteiger partial charge in [-0.2, -0.15) is 0 Å². The molecular weight excluding hydrogens is 295 g/mol. The fourth-order valence-corrected chi connectivity index (χ4v) is 2.41. The van der Waals surface area contributed by atoms with E-state index in [1.54, 1.807) is 0 Å². The Morgan fingerprint density at radius 1 is 1.26 bits per heavy atom. The third kappa shape index (κ3) is 2.19. The van der Waals surface area contributed by atoms with Crippen LogP contribution in [0.3, 0.4) is 0 Å². The highest BCUT2D eigenvalue weighted by Gasteiger charge is 2.57. The van der Waals surface area contributed by atoms with Crippen LogP contribution in [-0.4, -0.2) is 28.4 Å². The molecule has 1 aliphatic heterocycles. The van der Waals surface area contributed by atoms with Gasteiger partial charge in [0.05, 0.1) is 0 Å². The van der Waals surface area contributed by atoms with Crippen molar-refractivity contribution in [1.82, 2.24) is 0 Å². The van der Waals surface area contributed by atoms with Crippen molar-refractivity contribution in [3.05, 3.63) is 33.8 Å². The van der Waals surface area contributed by atoms with Crippen molar-refractivity contribution >= 4 is 40.9 Å². The predicted molar refractivity (Wildman–Crippen MR) is 66.3 cm³/mol. The first-order chi connectivity index (χ1) is 8.75. The topological polar surface area (TPSA) is 80.7 Å². The average Bonchev–Trinajstić information content (AvgIpc) is 2.49. The molecule has 7 heteroatoms. The van der Waals surface area contributed by atoms with Crippen LogP contribution in [0, 0.1) is 0 Å². The van der Waals surface area contributed by atoms with Gasteiger partial charge in [-0.05, 0) is 30.7 Å². The minimum Gasteiger partial charge on any atom is -0.478 e. The van der Waals surface area contributed by atoms with Gasteiger partial charge < -0.3 is 9.84 Å². The summed E-state index contributed by atoms with van der Waals surface area (Å²) in [7, 11) is 0. The minimum absolute atomic E-state index is 0.220.